The van der Waals surface area contributed by atoms with Crippen molar-refractivity contribution in [1.29, 1.82) is 0 Å². The van der Waals surface area contributed by atoms with Crippen LogP contribution in [0.25, 0.3) is 0 Å². The molecule has 9 heavy (non-hydrogen) atoms. The highest BCUT2D eigenvalue weighted by atomic mass is 16.2. The Morgan fingerprint density at radius 2 is 2.22 bits per heavy atom. The van der Waals surface area contributed by atoms with Gasteiger partial charge in [-0.15, -0.1) is 0 Å². The number of hydrogen-bond acceptors (Lipinski definition) is 1. The molecule has 1 aliphatic heterocycles. The second-order valence-electron chi connectivity index (χ2n) is 2.26. The standard InChI is InChI=1S/C7H11NO/c1-3-4-5-8-6(2)7(8)9/h2-5H2,1H3. The molecular weight excluding hydrogens is 114 g/mol. The molecule has 0 saturated carbocycles. The molecule has 0 N–H and O–H groups in total. The van der Waals surface area contributed by atoms with Gasteiger partial charge in [0.05, 0.1) is 0 Å². The first kappa shape index (κ1) is 6.33. The van der Waals surface area contributed by atoms with Crippen LogP contribution in [0, 0.1) is 0 Å². The van der Waals surface area contributed by atoms with Crippen LogP contribution in [0.4, 0.5) is 0 Å². The Kier molecular flexibility index (Phi) is 1.56. The first-order valence-electron chi connectivity index (χ1n) is 3.28. The highest BCUT2D eigenvalue weighted by molar-refractivity contribution is 6.09. The van der Waals surface area contributed by atoms with Crippen molar-refractivity contribution in [3.63, 3.8) is 0 Å². The molecule has 2 nitrogen and oxygen atoms in total. The summed E-state index contributed by atoms with van der Waals surface area (Å²) in [5, 5.41) is 0. The first-order chi connectivity index (χ1) is 4.27. The molecular formula is C7H11NO. The zero-order chi connectivity index (χ0) is 6.85. The van der Waals surface area contributed by atoms with Crippen LogP contribution >= 0.6 is 0 Å². The van der Waals surface area contributed by atoms with Gasteiger partial charge in [-0.2, -0.15) is 0 Å². The van der Waals surface area contributed by atoms with Crippen molar-refractivity contribution in [2.75, 3.05) is 6.54 Å². The SMILES string of the molecule is C=C1C(=O)N1CCCC. The molecule has 1 aliphatic rings. The number of carbonyl (C=O) groups excluding carboxylic acids is 1. The summed E-state index contributed by atoms with van der Waals surface area (Å²) in [7, 11) is 0. The molecule has 0 aromatic carbocycles. The quantitative estimate of drug-likeness (QED) is 0.409. The molecule has 0 aromatic rings. The minimum atomic E-state index is 0.128. The van der Waals surface area contributed by atoms with Crippen molar-refractivity contribution >= 4 is 5.91 Å². The van der Waals surface area contributed by atoms with Gasteiger partial charge in [-0.05, 0) is 6.42 Å². The highest BCUT2D eigenvalue weighted by Crippen LogP contribution is 2.21. The van der Waals surface area contributed by atoms with Crippen molar-refractivity contribution in [3.05, 3.63) is 12.3 Å². The molecule has 0 atom stereocenters. The molecule has 0 radical (unpaired) electrons. The Morgan fingerprint density at radius 3 is 2.56 bits per heavy atom. The largest absolute Gasteiger partial charge is 0.303 e. The van der Waals surface area contributed by atoms with E-state index in [2.05, 4.69) is 13.5 Å². The van der Waals surface area contributed by atoms with E-state index >= 15 is 0 Å². The summed E-state index contributed by atoms with van der Waals surface area (Å²) in [6.07, 6.45) is 2.22. The van der Waals surface area contributed by atoms with Gasteiger partial charge < -0.3 is 4.90 Å². The van der Waals surface area contributed by atoms with Crippen molar-refractivity contribution < 1.29 is 4.79 Å². The molecule has 1 amide bonds. The van der Waals surface area contributed by atoms with E-state index in [-0.39, 0.29) is 5.91 Å². The second kappa shape index (κ2) is 2.21. The normalized spacial score (nSPS) is 16.8. The van der Waals surface area contributed by atoms with E-state index in [9.17, 15) is 4.79 Å². The van der Waals surface area contributed by atoms with Gasteiger partial charge in [-0.3, -0.25) is 4.79 Å². The molecule has 1 saturated heterocycles. The molecule has 0 aliphatic carbocycles. The molecule has 0 aromatic heterocycles. The van der Waals surface area contributed by atoms with Gasteiger partial charge >= 0.3 is 0 Å². The summed E-state index contributed by atoms with van der Waals surface area (Å²) in [6, 6.07) is 0. The molecule has 1 rings (SSSR count). The predicted molar refractivity (Wildman–Crippen MR) is 35.8 cm³/mol. The second-order valence-corrected chi connectivity index (χ2v) is 2.26. The van der Waals surface area contributed by atoms with E-state index in [0.717, 1.165) is 19.4 Å². The van der Waals surface area contributed by atoms with Crippen LogP contribution in [0.5, 0.6) is 0 Å². The van der Waals surface area contributed by atoms with Crippen molar-refractivity contribution in [2.24, 2.45) is 0 Å². The van der Waals surface area contributed by atoms with E-state index < -0.39 is 0 Å². The maximum absolute atomic E-state index is 10.6. The highest BCUT2D eigenvalue weighted by Gasteiger charge is 2.35. The maximum Gasteiger partial charge on any atom is 0.274 e. The van der Waals surface area contributed by atoms with Gasteiger partial charge in [-0.25, -0.2) is 0 Å². The molecule has 2 heteroatoms. The number of hydrogen-bond donors (Lipinski definition) is 0. The lowest BCUT2D eigenvalue weighted by Gasteiger charge is -1.93. The Balaban J connectivity index is 2.18. The van der Waals surface area contributed by atoms with Gasteiger partial charge in [0.15, 0.2) is 0 Å². The van der Waals surface area contributed by atoms with Crippen molar-refractivity contribution in [2.45, 2.75) is 19.8 Å². The van der Waals surface area contributed by atoms with Crippen LogP contribution in [0.3, 0.4) is 0 Å². The van der Waals surface area contributed by atoms with Gasteiger partial charge in [0, 0.05) is 6.54 Å². The summed E-state index contributed by atoms with van der Waals surface area (Å²) in [4.78, 5) is 12.3. The fourth-order valence-electron chi connectivity index (χ4n) is 0.771. The third kappa shape index (κ3) is 1.12. The van der Waals surface area contributed by atoms with E-state index in [1.165, 1.54) is 0 Å². The van der Waals surface area contributed by atoms with E-state index in [1.54, 1.807) is 4.90 Å². The van der Waals surface area contributed by atoms with Crippen LogP contribution in [0.2, 0.25) is 0 Å². The number of carbonyl (C=O) groups is 1. The van der Waals surface area contributed by atoms with E-state index in [1.807, 2.05) is 0 Å². The lowest BCUT2D eigenvalue weighted by atomic mass is 10.3. The molecule has 0 bridgehead atoms. The summed E-state index contributed by atoms with van der Waals surface area (Å²) in [6.45, 7) is 6.54. The topological polar surface area (TPSA) is 20.1 Å². The Hall–Kier alpha value is -0.790. The number of amides is 1. The van der Waals surface area contributed by atoms with Gasteiger partial charge in [-0.1, -0.05) is 19.9 Å². The van der Waals surface area contributed by atoms with Gasteiger partial charge in [0.1, 0.15) is 5.70 Å². The zero-order valence-electron chi connectivity index (χ0n) is 5.68. The first-order valence-corrected chi connectivity index (χ1v) is 3.28. The van der Waals surface area contributed by atoms with E-state index in [4.69, 9.17) is 0 Å². The molecule has 1 heterocycles. The fraction of sp³-hybridized carbons (Fsp3) is 0.571. The Labute approximate surface area is 55.2 Å². The predicted octanol–water partition coefficient (Wildman–Crippen LogP) is 1.14. The smallest absolute Gasteiger partial charge is 0.274 e. The minimum absolute atomic E-state index is 0.128. The van der Waals surface area contributed by atoms with E-state index in [0.29, 0.717) is 5.70 Å². The summed E-state index contributed by atoms with van der Waals surface area (Å²) in [5.74, 6) is 0.128. The Bertz CT molecular complexity index is 137. The average Bonchev–Trinajstić information content (AvgIpc) is 2.39. The third-order valence-corrected chi connectivity index (χ3v) is 1.50. The maximum atomic E-state index is 10.6. The Morgan fingerprint density at radius 1 is 1.67 bits per heavy atom. The number of rotatable bonds is 3. The van der Waals surface area contributed by atoms with Crippen LogP contribution in [-0.4, -0.2) is 17.4 Å². The molecule has 0 spiro atoms. The molecule has 1 fully saturated rings. The van der Waals surface area contributed by atoms with Crippen LogP contribution in [-0.2, 0) is 4.79 Å². The van der Waals surface area contributed by atoms with Crippen LogP contribution in [0.15, 0.2) is 12.3 Å². The van der Waals surface area contributed by atoms with Gasteiger partial charge in [0.2, 0.25) is 0 Å². The number of unbranched alkanes of at least 4 members (excludes halogenated alkanes) is 1. The zero-order valence-corrected chi connectivity index (χ0v) is 5.68. The van der Waals surface area contributed by atoms with Crippen molar-refractivity contribution in [1.82, 2.24) is 4.90 Å². The van der Waals surface area contributed by atoms with Gasteiger partial charge in [0.25, 0.3) is 5.91 Å². The third-order valence-electron chi connectivity index (χ3n) is 1.50. The minimum Gasteiger partial charge on any atom is -0.303 e. The lowest BCUT2D eigenvalue weighted by molar-refractivity contribution is -0.113. The van der Waals surface area contributed by atoms with Crippen LogP contribution < -0.4 is 0 Å². The average molecular weight is 125 g/mol. The summed E-state index contributed by atoms with van der Waals surface area (Å²) < 4.78 is 0. The van der Waals surface area contributed by atoms with Crippen LogP contribution in [0.1, 0.15) is 19.8 Å². The monoisotopic (exact) mass is 125 g/mol. The fourth-order valence-corrected chi connectivity index (χ4v) is 0.771. The number of nitrogens with zero attached hydrogens (tertiary/aromatic N) is 1. The lowest BCUT2D eigenvalue weighted by Crippen LogP contribution is -1.98. The molecule has 0 unspecified atom stereocenters. The summed E-state index contributed by atoms with van der Waals surface area (Å²) in [5.41, 5.74) is 0.684. The molecule has 50 valence electrons. The van der Waals surface area contributed by atoms with Crippen molar-refractivity contribution in [3.8, 4) is 0 Å². The summed E-state index contributed by atoms with van der Waals surface area (Å²) >= 11 is 0.